The van der Waals surface area contributed by atoms with Crippen LogP contribution >= 0.6 is 31.9 Å². The number of rotatable bonds is 3. The van der Waals surface area contributed by atoms with Crippen molar-refractivity contribution < 1.29 is 4.79 Å². The van der Waals surface area contributed by atoms with Gasteiger partial charge in [0.15, 0.2) is 0 Å². The lowest BCUT2D eigenvalue weighted by atomic mass is 10.0. The molecule has 0 radical (unpaired) electrons. The lowest BCUT2D eigenvalue weighted by molar-refractivity contribution is -0.117. The van der Waals surface area contributed by atoms with Crippen LogP contribution < -0.4 is 4.90 Å². The largest absolute Gasteiger partial charge is 0.311 e. The van der Waals surface area contributed by atoms with E-state index < -0.39 is 0 Å². The van der Waals surface area contributed by atoms with Crippen molar-refractivity contribution in [1.29, 1.82) is 0 Å². The summed E-state index contributed by atoms with van der Waals surface area (Å²) >= 11 is 7.05. The van der Waals surface area contributed by atoms with Crippen LogP contribution in [0, 0.1) is 5.92 Å². The molecule has 1 aliphatic rings. The lowest BCUT2D eigenvalue weighted by Crippen LogP contribution is -2.25. The average molecular weight is 375 g/mol. The molecule has 0 bridgehead atoms. The van der Waals surface area contributed by atoms with Crippen LogP contribution in [0.25, 0.3) is 0 Å². The molecular formula is C14H17Br2NO. The van der Waals surface area contributed by atoms with Gasteiger partial charge in [-0.15, -0.1) is 0 Å². The Morgan fingerprint density at radius 2 is 2.17 bits per heavy atom. The van der Waals surface area contributed by atoms with E-state index in [2.05, 4.69) is 57.8 Å². The summed E-state index contributed by atoms with van der Waals surface area (Å²) in [5.41, 5.74) is 2.28. The number of halogens is 2. The van der Waals surface area contributed by atoms with E-state index in [0.717, 1.165) is 22.0 Å². The van der Waals surface area contributed by atoms with Crippen LogP contribution in [0.5, 0.6) is 0 Å². The summed E-state index contributed by atoms with van der Waals surface area (Å²) in [6, 6.07) is 6.28. The van der Waals surface area contributed by atoms with Gasteiger partial charge in [0.25, 0.3) is 0 Å². The Hall–Kier alpha value is -0.350. The van der Waals surface area contributed by atoms with Crippen LogP contribution in [0.4, 0.5) is 5.69 Å². The molecule has 18 heavy (non-hydrogen) atoms. The molecule has 1 saturated heterocycles. The summed E-state index contributed by atoms with van der Waals surface area (Å²) in [6.45, 7) is 5.15. The zero-order valence-corrected chi connectivity index (χ0v) is 13.8. The molecule has 1 aromatic carbocycles. The summed E-state index contributed by atoms with van der Waals surface area (Å²) in [5, 5.41) is 0.886. The maximum atomic E-state index is 12.0. The minimum atomic E-state index is 0.220. The smallest absolute Gasteiger partial charge is 0.227 e. The fourth-order valence-electron chi connectivity index (χ4n) is 2.22. The molecule has 0 saturated carbocycles. The maximum Gasteiger partial charge on any atom is 0.227 e. The van der Waals surface area contributed by atoms with Gasteiger partial charge in [0.2, 0.25) is 5.91 Å². The van der Waals surface area contributed by atoms with E-state index in [1.165, 1.54) is 5.56 Å². The Balaban J connectivity index is 2.26. The highest BCUT2D eigenvalue weighted by Crippen LogP contribution is 2.34. The fourth-order valence-corrected chi connectivity index (χ4v) is 3.26. The molecule has 1 heterocycles. The number of benzene rings is 1. The Morgan fingerprint density at radius 3 is 2.67 bits per heavy atom. The second-order valence-electron chi connectivity index (χ2n) is 5.09. The molecule has 0 N–H and O–H groups in total. The van der Waals surface area contributed by atoms with E-state index in [1.807, 2.05) is 11.0 Å². The summed E-state index contributed by atoms with van der Waals surface area (Å²) in [4.78, 5) is 13.9. The minimum absolute atomic E-state index is 0.220. The molecule has 1 fully saturated rings. The first-order chi connectivity index (χ1) is 8.52. The van der Waals surface area contributed by atoms with Crippen molar-refractivity contribution in [1.82, 2.24) is 0 Å². The number of carbonyl (C=O) groups excluding carboxylic acids is 1. The number of alkyl halides is 1. The van der Waals surface area contributed by atoms with Gasteiger partial charge in [-0.1, -0.05) is 35.8 Å². The normalized spacial score (nSPS) is 19.9. The standard InChI is InChI=1S/C14H17Br2NO/c1-9(2)11-3-4-13(12(16)6-11)17-8-10(7-15)5-14(17)18/h3-4,6,9-10H,5,7-8H2,1-2H3. The molecule has 0 aromatic heterocycles. The second-order valence-corrected chi connectivity index (χ2v) is 6.60. The Morgan fingerprint density at radius 1 is 1.44 bits per heavy atom. The first-order valence-corrected chi connectivity index (χ1v) is 8.10. The van der Waals surface area contributed by atoms with Crippen molar-refractivity contribution in [3.05, 3.63) is 28.2 Å². The zero-order chi connectivity index (χ0) is 13.3. The Bertz CT molecular complexity index is 459. The molecule has 4 heteroatoms. The molecule has 0 spiro atoms. The van der Waals surface area contributed by atoms with E-state index in [0.29, 0.717) is 18.3 Å². The third-order valence-corrected chi connectivity index (χ3v) is 4.90. The van der Waals surface area contributed by atoms with Gasteiger partial charge < -0.3 is 4.90 Å². The quantitative estimate of drug-likeness (QED) is 0.721. The highest BCUT2D eigenvalue weighted by molar-refractivity contribution is 9.10. The van der Waals surface area contributed by atoms with Gasteiger partial charge in [-0.05, 0) is 45.5 Å². The Labute approximate surface area is 125 Å². The number of hydrogen-bond acceptors (Lipinski definition) is 1. The first kappa shape index (κ1) is 14.1. The first-order valence-electron chi connectivity index (χ1n) is 6.18. The second kappa shape index (κ2) is 5.74. The molecule has 2 nitrogen and oxygen atoms in total. The van der Waals surface area contributed by atoms with Crippen molar-refractivity contribution in [2.75, 3.05) is 16.8 Å². The van der Waals surface area contributed by atoms with Crippen molar-refractivity contribution in [2.24, 2.45) is 5.92 Å². The number of nitrogens with zero attached hydrogens (tertiary/aromatic N) is 1. The molecule has 1 amide bonds. The van der Waals surface area contributed by atoms with Gasteiger partial charge in [0.1, 0.15) is 0 Å². The van der Waals surface area contributed by atoms with Gasteiger partial charge in [0, 0.05) is 22.8 Å². The van der Waals surface area contributed by atoms with E-state index in [4.69, 9.17) is 0 Å². The zero-order valence-electron chi connectivity index (χ0n) is 10.6. The van der Waals surface area contributed by atoms with Crippen LogP contribution in [0.2, 0.25) is 0 Å². The van der Waals surface area contributed by atoms with Crippen molar-refractivity contribution >= 4 is 43.5 Å². The number of anilines is 1. The van der Waals surface area contributed by atoms with E-state index >= 15 is 0 Å². The van der Waals surface area contributed by atoms with E-state index in [1.54, 1.807) is 0 Å². The molecule has 1 aromatic rings. The monoisotopic (exact) mass is 373 g/mol. The van der Waals surface area contributed by atoms with Crippen LogP contribution in [0.3, 0.4) is 0 Å². The van der Waals surface area contributed by atoms with Gasteiger partial charge in [-0.2, -0.15) is 0 Å². The number of carbonyl (C=O) groups is 1. The highest BCUT2D eigenvalue weighted by Gasteiger charge is 2.30. The SMILES string of the molecule is CC(C)c1ccc(N2CC(CBr)CC2=O)c(Br)c1. The average Bonchev–Trinajstić information content (AvgIpc) is 2.70. The summed E-state index contributed by atoms with van der Waals surface area (Å²) in [5.74, 6) is 1.14. The third-order valence-electron chi connectivity index (χ3n) is 3.35. The number of hydrogen-bond donors (Lipinski definition) is 0. The van der Waals surface area contributed by atoms with Crippen molar-refractivity contribution in [3.8, 4) is 0 Å². The van der Waals surface area contributed by atoms with Gasteiger partial charge in [-0.25, -0.2) is 0 Å². The van der Waals surface area contributed by atoms with Crippen LogP contribution in [0.1, 0.15) is 31.7 Å². The van der Waals surface area contributed by atoms with Crippen molar-refractivity contribution in [3.63, 3.8) is 0 Å². The molecule has 1 atom stereocenters. The summed E-state index contributed by atoms with van der Waals surface area (Å²) < 4.78 is 1.01. The summed E-state index contributed by atoms with van der Waals surface area (Å²) in [6.07, 6.45) is 0.642. The van der Waals surface area contributed by atoms with E-state index in [9.17, 15) is 4.79 Å². The molecule has 1 aliphatic heterocycles. The highest BCUT2D eigenvalue weighted by atomic mass is 79.9. The summed E-state index contributed by atoms with van der Waals surface area (Å²) in [7, 11) is 0. The molecule has 2 rings (SSSR count). The molecule has 98 valence electrons. The van der Waals surface area contributed by atoms with Gasteiger partial charge >= 0.3 is 0 Å². The van der Waals surface area contributed by atoms with Crippen molar-refractivity contribution in [2.45, 2.75) is 26.2 Å². The third kappa shape index (κ3) is 2.80. The predicted octanol–water partition coefficient (Wildman–Crippen LogP) is 4.32. The topological polar surface area (TPSA) is 20.3 Å². The van der Waals surface area contributed by atoms with Crippen LogP contribution in [-0.4, -0.2) is 17.8 Å². The molecule has 0 aliphatic carbocycles. The maximum absolute atomic E-state index is 12.0. The minimum Gasteiger partial charge on any atom is -0.311 e. The Kier molecular flexibility index (Phi) is 4.49. The molecule has 1 unspecified atom stereocenters. The van der Waals surface area contributed by atoms with Gasteiger partial charge in [0.05, 0.1) is 5.69 Å². The molecular weight excluding hydrogens is 358 g/mol. The lowest BCUT2D eigenvalue weighted by Gasteiger charge is -2.19. The number of amides is 1. The van der Waals surface area contributed by atoms with E-state index in [-0.39, 0.29) is 5.91 Å². The fraction of sp³-hybridized carbons (Fsp3) is 0.500. The van der Waals surface area contributed by atoms with Crippen LogP contribution in [-0.2, 0) is 4.79 Å². The van der Waals surface area contributed by atoms with Crippen LogP contribution in [0.15, 0.2) is 22.7 Å². The van der Waals surface area contributed by atoms with Gasteiger partial charge in [-0.3, -0.25) is 4.79 Å². The predicted molar refractivity (Wildman–Crippen MR) is 82.5 cm³/mol.